The molecule has 2 aromatic heterocycles. The van der Waals surface area contributed by atoms with E-state index >= 15 is 0 Å². The number of aryl methyl sites for hydroxylation is 2. The number of fused-ring (bicyclic) bond motifs is 1. The summed E-state index contributed by atoms with van der Waals surface area (Å²) in [6.07, 6.45) is 1.58. The molecule has 6 heteroatoms. The van der Waals surface area contributed by atoms with Crippen LogP contribution >= 0.6 is 23.1 Å². The monoisotopic (exact) mass is 323 g/mol. The van der Waals surface area contributed by atoms with E-state index in [1.807, 2.05) is 6.92 Å². The Morgan fingerprint density at radius 2 is 2.05 bits per heavy atom. The number of carbonyl (C=O) groups is 1. The van der Waals surface area contributed by atoms with Crippen LogP contribution in [0.4, 0.5) is 0 Å². The van der Waals surface area contributed by atoms with Gasteiger partial charge in [-0.25, -0.2) is 9.97 Å². The third-order valence-corrected chi connectivity index (χ3v) is 5.49. The van der Waals surface area contributed by atoms with Gasteiger partial charge in [0.15, 0.2) is 0 Å². The van der Waals surface area contributed by atoms with Gasteiger partial charge in [-0.05, 0) is 32.3 Å². The number of amides is 1. The zero-order valence-corrected chi connectivity index (χ0v) is 14.7. The Morgan fingerprint density at radius 1 is 1.33 bits per heavy atom. The highest BCUT2D eigenvalue weighted by molar-refractivity contribution is 8.00. The van der Waals surface area contributed by atoms with Crippen LogP contribution in [0.5, 0.6) is 0 Å². The van der Waals surface area contributed by atoms with Gasteiger partial charge >= 0.3 is 0 Å². The molecule has 2 rings (SSSR count). The van der Waals surface area contributed by atoms with Crippen molar-refractivity contribution in [3.05, 3.63) is 16.8 Å². The van der Waals surface area contributed by atoms with E-state index in [1.54, 1.807) is 17.7 Å². The SMILES string of the molecule is Cc1sc2ncnc(S[C@@H](C)C(=O)NCC(C)C)c2c1C. The fourth-order valence-corrected chi connectivity index (χ4v) is 3.97. The summed E-state index contributed by atoms with van der Waals surface area (Å²) in [5.74, 6) is 0.517. The molecule has 21 heavy (non-hydrogen) atoms. The number of hydrogen-bond acceptors (Lipinski definition) is 5. The lowest BCUT2D eigenvalue weighted by atomic mass is 10.2. The molecule has 0 spiro atoms. The molecule has 0 unspecified atom stereocenters. The second kappa shape index (κ2) is 6.75. The molecule has 4 nitrogen and oxygen atoms in total. The van der Waals surface area contributed by atoms with Crippen molar-refractivity contribution in [3.63, 3.8) is 0 Å². The smallest absolute Gasteiger partial charge is 0.233 e. The molecular formula is C15H21N3OS2. The lowest BCUT2D eigenvalue weighted by molar-refractivity contribution is -0.120. The second-order valence-electron chi connectivity index (χ2n) is 5.54. The molecule has 1 amide bonds. The Kier molecular flexibility index (Phi) is 5.22. The highest BCUT2D eigenvalue weighted by atomic mass is 32.2. The Labute approximate surface area is 133 Å². The summed E-state index contributed by atoms with van der Waals surface area (Å²) in [5.41, 5.74) is 1.22. The van der Waals surface area contributed by atoms with Crippen LogP contribution in [-0.4, -0.2) is 27.7 Å². The first-order valence-electron chi connectivity index (χ1n) is 7.05. The Hall–Kier alpha value is -1.14. The summed E-state index contributed by atoms with van der Waals surface area (Å²) in [6.45, 7) is 11.0. The number of hydrogen-bond donors (Lipinski definition) is 1. The molecule has 0 saturated carbocycles. The van der Waals surface area contributed by atoms with Crippen LogP contribution in [0.15, 0.2) is 11.4 Å². The molecule has 0 aliphatic rings. The zero-order valence-electron chi connectivity index (χ0n) is 13.1. The third-order valence-electron chi connectivity index (χ3n) is 3.27. The highest BCUT2D eigenvalue weighted by Crippen LogP contribution is 2.35. The van der Waals surface area contributed by atoms with Gasteiger partial charge in [-0.1, -0.05) is 25.6 Å². The van der Waals surface area contributed by atoms with Crippen LogP contribution in [0.2, 0.25) is 0 Å². The van der Waals surface area contributed by atoms with Crippen LogP contribution in [0.3, 0.4) is 0 Å². The van der Waals surface area contributed by atoms with E-state index in [2.05, 4.69) is 43.0 Å². The summed E-state index contributed by atoms with van der Waals surface area (Å²) in [5, 5.41) is 4.79. The van der Waals surface area contributed by atoms with Crippen molar-refractivity contribution in [2.45, 2.75) is 44.9 Å². The zero-order chi connectivity index (χ0) is 15.6. The van der Waals surface area contributed by atoms with Gasteiger partial charge in [0.1, 0.15) is 16.2 Å². The second-order valence-corrected chi connectivity index (χ2v) is 8.07. The molecule has 0 bridgehead atoms. The molecule has 0 aliphatic heterocycles. The molecule has 0 fully saturated rings. The van der Waals surface area contributed by atoms with E-state index in [0.717, 1.165) is 15.2 Å². The van der Waals surface area contributed by atoms with Crippen molar-refractivity contribution in [1.82, 2.24) is 15.3 Å². The first kappa shape index (κ1) is 16.2. The first-order valence-corrected chi connectivity index (χ1v) is 8.74. The van der Waals surface area contributed by atoms with Gasteiger partial charge in [-0.3, -0.25) is 4.79 Å². The summed E-state index contributed by atoms with van der Waals surface area (Å²) in [4.78, 5) is 23.1. The van der Waals surface area contributed by atoms with Gasteiger partial charge in [0.25, 0.3) is 0 Å². The summed E-state index contributed by atoms with van der Waals surface area (Å²) < 4.78 is 0. The molecule has 0 aromatic carbocycles. The molecule has 1 atom stereocenters. The number of thioether (sulfide) groups is 1. The number of nitrogens with zero attached hydrogens (tertiary/aromatic N) is 2. The minimum absolute atomic E-state index is 0.0602. The highest BCUT2D eigenvalue weighted by Gasteiger charge is 2.19. The maximum absolute atomic E-state index is 12.1. The van der Waals surface area contributed by atoms with Crippen molar-refractivity contribution in [3.8, 4) is 0 Å². The Morgan fingerprint density at radius 3 is 2.71 bits per heavy atom. The molecule has 0 aliphatic carbocycles. The lowest BCUT2D eigenvalue weighted by Crippen LogP contribution is -2.33. The largest absolute Gasteiger partial charge is 0.355 e. The Balaban J connectivity index is 2.18. The summed E-state index contributed by atoms with van der Waals surface area (Å²) >= 11 is 3.18. The van der Waals surface area contributed by atoms with Crippen LogP contribution in [-0.2, 0) is 4.79 Å². The number of thiophene rings is 1. The van der Waals surface area contributed by atoms with E-state index < -0.39 is 0 Å². The van der Waals surface area contributed by atoms with E-state index in [-0.39, 0.29) is 11.2 Å². The summed E-state index contributed by atoms with van der Waals surface area (Å²) in [7, 11) is 0. The number of rotatable bonds is 5. The first-order chi connectivity index (χ1) is 9.90. The topological polar surface area (TPSA) is 54.9 Å². The Bertz CT molecular complexity index is 652. The number of carbonyl (C=O) groups excluding carboxylic acids is 1. The van der Waals surface area contributed by atoms with Crippen LogP contribution in [0, 0.1) is 19.8 Å². The molecule has 114 valence electrons. The number of nitrogens with one attached hydrogen (secondary N) is 1. The van der Waals surface area contributed by atoms with Gasteiger partial charge in [0.05, 0.1) is 5.25 Å². The third kappa shape index (κ3) is 3.74. The van der Waals surface area contributed by atoms with E-state index in [0.29, 0.717) is 12.5 Å². The fourth-order valence-electron chi connectivity index (χ4n) is 1.91. The maximum atomic E-state index is 12.1. The predicted octanol–water partition coefficient (Wildman–Crippen LogP) is 3.56. The normalized spacial score (nSPS) is 12.9. The molecule has 0 radical (unpaired) electrons. The van der Waals surface area contributed by atoms with Crippen molar-refractivity contribution < 1.29 is 4.79 Å². The molecular weight excluding hydrogens is 302 g/mol. The average molecular weight is 323 g/mol. The van der Waals surface area contributed by atoms with Gasteiger partial charge in [-0.15, -0.1) is 11.3 Å². The minimum Gasteiger partial charge on any atom is -0.355 e. The van der Waals surface area contributed by atoms with Crippen LogP contribution in [0.25, 0.3) is 10.2 Å². The van der Waals surface area contributed by atoms with Crippen molar-refractivity contribution in [1.29, 1.82) is 0 Å². The van der Waals surface area contributed by atoms with E-state index in [9.17, 15) is 4.79 Å². The van der Waals surface area contributed by atoms with Gasteiger partial charge in [-0.2, -0.15) is 0 Å². The molecule has 2 aromatic rings. The average Bonchev–Trinajstić information content (AvgIpc) is 2.72. The standard InChI is InChI=1S/C15H21N3OS2/c1-8(2)6-16-13(19)11(5)21-15-12-9(3)10(4)20-14(12)17-7-18-15/h7-8,11H,6H2,1-5H3,(H,16,19)/t11-/m0/s1. The van der Waals surface area contributed by atoms with E-state index in [4.69, 9.17) is 0 Å². The predicted molar refractivity (Wildman–Crippen MR) is 90.1 cm³/mol. The van der Waals surface area contributed by atoms with Crippen molar-refractivity contribution in [2.75, 3.05) is 6.54 Å². The molecule has 0 saturated heterocycles. The molecule has 2 heterocycles. The van der Waals surface area contributed by atoms with Gasteiger partial charge < -0.3 is 5.32 Å². The van der Waals surface area contributed by atoms with Gasteiger partial charge in [0.2, 0.25) is 5.91 Å². The van der Waals surface area contributed by atoms with Crippen molar-refractivity contribution >= 4 is 39.2 Å². The van der Waals surface area contributed by atoms with E-state index in [1.165, 1.54) is 22.2 Å². The van der Waals surface area contributed by atoms with Crippen LogP contribution in [0.1, 0.15) is 31.2 Å². The molecule has 1 N–H and O–H groups in total. The van der Waals surface area contributed by atoms with Gasteiger partial charge in [0, 0.05) is 16.8 Å². The summed E-state index contributed by atoms with van der Waals surface area (Å²) in [6, 6.07) is 0. The quantitative estimate of drug-likeness (QED) is 0.675. The maximum Gasteiger partial charge on any atom is 0.233 e. The van der Waals surface area contributed by atoms with Crippen molar-refractivity contribution in [2.24, 2.45) is 5.92 Å². The fraction of sp³-hybridized carbons (Fsp3) is 0.533. The van der Waals surface area contributed by atoms with Crippen LogP contribution < -0.4 is 5.32 Å². The minimum atomic E-state index is -0.165. The lowest BCUT2D eigenvalue weighted by Gasteiger charge is -2.13. The number of aromatic nitrogens is 2.